The maximum absolute atomic E-state index is 12.7. The van der Waals surface area contributed by atoms with E-state index in [4.69, 9.17) is 4.74 Å². The molecular weight excluding hydrogens is 380 g/mol. The molecule has 5 nitrogen and oxygen atoms in total. The van der Waals surface area contributed by atoms with Gasteiger partial charge in [-0.25, -0.2) is 17.7 Å². The van der Waals surface area contributed by atoms with E-state index < -0.39 is 10.0 Å². The van der Waals surface area contributed by atoms with Crippen molar-refractivity contribution in [2.75, 3.05) is 13.1 Å². The minimum absolute atomic E-state index is 0.0536. The van der Waals surface area contributed by atoms with E-state index >= 15 is 0 Å². The summed E-state index contributed by atoms with van der Waals surface area (Å²) in [5.41, 5.74) is 2.19. The first kappa shape index (κ1) is 19.1. The van der Waals surface area contributed by atoms with Crippen LogP contribution in [0, 0.1) is 12.8 Å². The van der Waals surface area contributed by atoms with Gasteiger partial charge in [0.1, 0.15) is 0 Å². The highest BCUT2D eigenvalue weighted by molar-refractivity contribution is 7.90. The van der Waals surface area contributed by atoms with Gasteiger partial charge in [-0.3, -0.25) is 0 Å². The fourth-order valence-corrected chi connectivity index (χ4v) is 6.29. The van der Waals surface area contributed by atoms with Crippen molar-refractivity contribution >= 4 is 21.4 Å². The third-order valence-electron chi connectivity index (χ3n) is 5.39. The Kier molecular flexibility index (Phi) is 5.64. The van der Waals surface area contributed by atoms with Crippen LogP contribution < -0.4 is 0 Å². The van der Waals surface area contributed by atoms with Gasteiger partial charge in [-0.15, -0.1) is 11.3 Å². The van der Waals surface area contributed by atoms with E-state index in [0.717, 1.165) is 36.4 Å². The standard InChI is InChI=1S/C20H26N2O3S2/c1-15-21-18(14-26-15)13-25-20-9-10-22(27(23,24)19-7-8-19)12-17(20)11-16-5-3-2-4-6-16/h2-6,14,17,19-20H,7-13H2,1H3/t17-,20+/m1/s1. The average Bonchev–Trinajstić information content (AvgIpc) is 3.45. The zero-order chi connectivity index (χ0) is 18.9. The number of aromatic nitrogens is 1. The summed E-state index contributed by atoms with van der Waals surface area (Å²) in [6, 6.07) is 10.3. The number of nitrogens with zero attached hydrogens (tertiary/aromatic N) is 2. The average molecular weight is 407 g/mol. The smallest absolute Gasteiger partial charge is 0.216 e. The summed E-state index contributed by atoms with van der Waals surface area (Å²) in [6.07, 6.45) is 3.25. The summed E-state index contributed by atoms with van der Waals surface area (Å²) in [4.78, 5) is 4.48. The van der Waals surface area contributed by atoms with Crippen LogP contribution in [-0.2, 0) is 27.8 Å². The lowest BCUT2D eigenvalue weighted by Gasteiger charge is -2.38. The van der Waals surface area contributed by atoms with Gasteiger partial charge in [0.15, 0.2) is 0 Å². The highest BCUT2D eigenvalue weighted by Gasteiger charge is 2.43. The molecule has 0 unspecified atom stereocenters. The Morgan fingerprint density at radius 3 is 2.67 bits per heavy atom. The van der Waals surface area contributed by atoms with E-state index in [0.29, 0.717) is 19.7 Å². The second-order valence-corrected chi connectivity index (χ2v) is 10.8. The lowest BCUT2D eigenvalue weighted by Crippen LogP contribution is -2.48. The van der Waals surface area contributed by atoms with Crippen LogP contribution in [0.25, 0.3) is 0 Å². The number of hydrogen-bond donors (Lipinski definition) is 0. The predicted molar refractivity (Wildman–Crippen MR) is 107 cm³/mol. The zero-order valence-electron chi connectivity index (χ0n) is 15.6. The van der Waals surface area contributed by atoms with E-state index in [-0.39, 0.29) is 17.3 Å². The van der Waals surface area contributed by atoms with Gasteiger partial charge in [0.25, 0.3) is 0 Å². The van der Waals surface area contributed by atoms with Crippen molar-refractivity contribution in [2.24, 2.45) is 5.92 Å². The molecule has 0 amide bonds. The molecule has 1 aromatic carbocycles. The van der Waals surface area contributed by atoms with Crippen LogP contribution in [0.2, 0.25) is 0 Å². The van der Waals surface area contributed by atoms with Crippen LogP contribution in [0.3, 0.4) is 0 Å². The van der Waals surface area contributed by atoms with Crippen LogP contribution in [0.4, 0.5) is 0 Å². The molecule has 1 aliphatic heterocycles. The lowest BCUT2D eigenvalue weighted by molar-refractivity contribution is -0.0293. The monoisotopic (exact) mass is 406 g/mol. The van der Waals surface area contributed by atoms with Crippen LogP contribution in [0.5, 0.6) is 0 Å². The van der Waals surface area contributed by atoms with Gasteiger partial charge in [0.2, 0.25) is 10.0 Å². The maximum Gasteiger partial charge on any atom is 0.216 e. The highest BCUT2D eigenvalue weighted by atomic mass is 32.2. The Balaban J connectivity index is 1.47. The largest absolute Gasteiger partial charge is 0.371 e. The van der Waals surface area contributed by atoms with Crippen molar-refractivity contribution in [3.05, 3.63) is 52.0 Å². The van der Waals surface area contributed by atoms with E-state index in [9.17, 15) is 8.42 Å². The number of ether oxygens (including phenoxy) is 1. The first-order valence-electron chi connectivity index (χ1n) is 9.58. The number of aryl methyl sites for hydroxylation is 1. The van der Waals surface area contributed by atoms with Crippen molar-refractivity contribution in [3.8, 4) is 0 Å². The van der Waals surface area contributed by atoms with Gasteiger partial charge in [0, 0.05) is 24.4 Å². The van der Waals surface area contributed by atoms with E-state index in [1.165, 1.54) is 5.56 Å². The Hall–Kier alpha value is -1.28. The van der Waals surface area contributed by atoms with Crippen LogP contribution in [0.1, 0.15) is 35.5 Å². The molecule has 146 valence electrons. The third kappa shape index (κ3) is 4.59. The Labute approximate surface area is 165 Å². The number of rotatable bonds is 7. The zero-order valence-corrected chi connectivity index (χ0v) is 17.2. The van der Waals surface area contributed by atoms with Gasteiger partial charge in [0.05, 0.1) is 28.7 Å². The van der Waals surface area contributed by atoms with Crippen molar-refractivity contribution < 1.29 is 13.2 Å². The minimum Gasteiger partial charge on any atom is -0.371 e. The first-order chi connectivity index (χ1) is 13.0. The van der Waals surface area contributed by atoms with Crippen LogP contribution in [0.15, 0.2) is 35.7 Å². The number of thiazole rings is 1. The second-order valence-electron chi connectivity index (χ2n) is 7.55. The van der Waals surface area contributed by atoms with Gasteiger partial charge in [-0.2, -0.15) is 0 Å². The molecule has 27 heavy (non-hydrogen) atoms. The molecule has 0 radical (unpaired) electrons. The molecule has 2 heterocycles. The molecule has 1 aromatic heterocycles. The molecule has 0 bridgehead atoms. The highest BCUT2D eigenvalue weighted by Crippen LogP contribution is 2.34. The Morgan fingerprint density at radius 2 is 2.00 bits per heavy atom. The first-order valence-corrected chi connectivity index (χ1v) is 12.0. The van der Waals surface area contributed by atoms with Crippen molar-refractivity contribution in [3.63, 3.8) is 0 Å². The fraction of sp³-hybridized carbons (Fsp3) is 0.550. The van der Waals surface area contributed by atoms with Crippen LogP contribution in [-0.4, -0.2) is 42.2 Å². The molecule has 4 rings (SSSR count). The quantitative estimate of drug-likeness (QED) is 0.707. The molecule has 2 atom stereocenters. The summed E-state index contributed by atoms with van der Waals surface area (Å²) < 4.78 is 33.4. The topological polar surface area (TPSA) is 59.5 Å². The number of hydrogen-bond acceptors (Lipinski definition) is 5. The molecule has 0 spiro atoms. The molecule has 7 heteroatoms. The summed E-state index contributed by atoms with van der Waals surface area (Å²) in [6.45, 7) is 3.60. The number of benzene rings is 1. The molecule has 2 fully saturated rings. The maximum atomic E-state index is 12.7. The summed E-state index contributed by atoms with van der Waals surface area (Å²) in [5, 5.41) is 2.93. The number of piperidine rings is 1. The molecular formula is C20H26N2O3S2. The fourth-order valence-electron chi connectivity index (χ4n) is 3.78. The molecule has 2 aromatic rings. The summed E-state index contributed by atoms with van der Waals surface area (Å²) in [5.74, 6) is 0.161. The van der Waals surface area contributed by atoms with Crippen molar-refractivity contribution in [1.29, 1.82) is 0 Å². The van der Waals surface area contributed by atoms with E-state index in [2.05, 4.69) is 17.1 Å². The van der Waals surface area contributed by atoms with E-state index in [1.54, 1.807) is 15.6 Å². The minimum atomic E-state index is -3.13. The second kappa shape index (κ2) is 7.99. The van der Waals surface area contributed by atoms with Gasteiger partial charge >= 0.3 is 0 Å². The molecule has 1 saturated carbocycles. The summed E-state index contributed by atoms with van der Waals surface area (Å²) >= 11 is 1.63. The SMILES string of the molecule is Cc1nc(CO[C@H]2CCN(S(=O)(=O)C3CC3)C[C@H]2Cc2ccccc2)cs1. The van der Waals surface area contributed by atoms with Crippen molar-refractivity contribution in [2.45, 2.75) is 50.6 Å². The number of sulfonamides is 1. The molecule has 1 aliphatic carbocycles. The Morgan fingerprint density at radius 1 is 1.22 bits per heavy atom. The lowest BCUT2D eigenvalue weighted by atomic mass is 9.89. The van der Waals surface area contributed by atoms with Gasteiger partial charge in [-0.1, -0.05) is 30.3 Å². The van der Waals surface area contributed by atoms with Gasteiger partial charge in [-0.05, 0) is 38.2 Å². The third-order valence-corrected chi connectivity index (χ3v) is 8.57. The molecule has 1 saturated heterocycles. The van der Waals surface area contributed by atoms with Crippen molar-refractivity contribution in [1.82, 2.24) is 9.29 Å². The Bertz CT molecular complexity index is 862. The predicted octanol–water partition coefficient (Wildman–Crippen LogP) is 3.39. The van der Waals surface area contributed by atoms with Gasteiger partial charge < -0.3 is 4.74 Å². The van der Waals surface area contributed by atoms with E-state index in [1.807, 2.05) is 30.5 Å². The summed E-state index contributed by atoms with van der Waals surface area (Å²) in [7, 11) is -3.13. The normalized spacial score (nSPS) is 24.2. The molecule has 2 aliphatic rings. The molecule has 0 N–H and O–H groups in total. The van der Waals surface area contributed by atoms with Crippen LogP contribution >= 0.6 is 11.3 Å².